The van der Waals surface area contributed by atoms with Gasteiger partial charge < -0.3 is 10.4 Å². The summed E-state index contributed by atoms with van der Waals surface area (Å²) in [4.78, 5) is 12.0. The summed E-state index contributed by atoms with van der Waals surface area (Å²) >= 11 is 0. The lowest BCUT2D eigenvalue weighted by molar-refractivity contribution is -0.948. The Morgan fingerprint density at radius 2 is 1.47 bits per heavy atom. The fourth-order valence-corrected chi connectivity index (χ4v) is 4.03. The molecular formula is C28H55N2O2+. The first-order valence-electron chi connectivity index (χ1n) is 13.5. The van der Waals surface area contributed by atoms with Gasteiger partial charge in [-0.25, -0.2) is 0 Å². The van der Waals surface area contributed by atoms with E-state index in [4.69, 9.17) is 0 Å². The van der Waals surface area contributed by atoms with Gasteiger partial charge in [0.05, 0.1) is 20.1 Å². The minimum atomic E-state index is -0.403. The van der Waals surface area contributed by atoms with Gasteiger partial charge in [0, 0.05) is 19.4 Å². The second-order valence-corrected chi connectivity index (χ2v) is 9.57. The minimum absolute atomic E-state index is 0.149. The molecule has 0 radical (unpaired) electrons. The van der Waals surface area contributed by atoms with Gasteiger partial charge in [-0.3, -0.25) is 9.28 Å². The summed E-state index contributed by atoms with van der Waals surface area (Å²) < 4.78 is 0.590. The molecule has 0 bridgehead atoms. The molecule has 188 valence electrons. The zero-order valence-electron chi connectivity index (χ0n) is 21.8. The smallest absolute Gasteiger partial charge is 0.219 e. The molecule has 0 rings (SSSR count). The van der Waals surface area contributed by atoms with Crippen LogP contribution in [0.15, 0.2) is 24.8 Å². The van der Waals surface area contributed by atoms with Crippen LogP contribution in [0.1, 0.15) is 117 Å². The van der Waals surface area contributed by atoms with Crippen LogP contribution in [-0.2, 0) is 4.79 Å². The monoisotopic (exact) mass is 451 g/mol. The molecule has 4 heteroatoms. The van der Waals surface area contributed by atoms with Crippen LogP contribution in [0.3, 0.4) is 0 Å². The number of hydrogen-bond acceptors (Lipinski definition) is 2. The Morgan fingerprint density at radius 1 is 0.906 bits per heavy atom. The highest BCUT2D eigenvalue weighted by atomic mass is 16.3. The SMILES string of the molecule is C=CC[N+](C)(CC)C(O)CCCNC(=O)CCCCCCC/C=C\CCCCCCCC. The maximum Gasteiger partial charge on any atom is 0.219 e. The number of rotatable bonds is 23. The van der Waals surface area contributed by atoms with Crippen LogP contribution in [0.5, 0.6) is 0 Å². The largest absolute Gasteiger partial charge is 0.356 e. The summed E-state index contributed by atoms with van der Waals surface area (Å²) in [5.41, 5.74) is 0. The molecule has 4 nitrogen and oxygen atoms in total. The van der Waals surface area contributed by atoms with Gasteiger partial charge in [-0.05, 0) is 51.5 Å². The molecule has 0 aromatic heterocycles. The van der Waals surface area contributed by atoms with Crippen molar-refractivity contribution in [3.05, 3.63) is 24.8 Å². The third kappa shape index (κ3) is 17.4. The number of carbonyl (C=O) groups is 1. The maximum absolute atomic E-state index is 12.0. The number of nitrogens with zero attached hydrogens (tertiary/aromatic N) is 1. The number of likely N-dealkylation sites (N-methyl/N-ethyl adjacent to an activating group) is 1. The van der Waals surface area contributed by atoms with E-state index in [1.165, 1.54) is 70.6 Å². The van der Waals surface area contributed by atoms with Crippen LogP contribution in [0.4, 0.5) is 0 Å². The van der Waals surface area contributed by atoms with Crippen molar-refractivity contribution >= 4 is 5.91 Å². The normalized spacial score (nSPS) is 14.4. The number of quaternary nitrogens is 1. The lowest BCUT2D eigenvalue weighted by atomic mass is 10.1. The average molecular weight is 452 g/mol. The lowest BCUT2D eigenvalue weighted by Crippen LogP contribution is -2.52. The number of aliphatic hydroxyl groups excluding tert-OH is 1. The van der Waals surface area contributed by atoms with E-state index < -0.39 is 6.23 Å². The summed E-state index contributed by atoms with van der Waals surface area (Å²) in [5.74, 6) is 0.149. The molecule has 0 aliphatic rings. The quantitative estimate of drug-likeness (QED) is 0.0769. The molecule has 0 saturated carbocycles. The predicted molar refractivity (Wildman–Crippen MR) is 139 cm³/mol. The second kappa shape index (κ2) is 21.7. The standard InChI is InChI=1S/C28H54N2O2/c1-5-8-9-10-11-12-13-14-15-16-17-18-19-20-21-23-27(31)29-25-22-24-28(32)30(4,7-3)26-6-2/h6,14-15,28,32H,2,5,7-13,16-26H2,1,3-4H3/p+1/b15-14-. The number of unbranched alkanes of at least 4 members (excludes halogenated alkanes) is 11. The fourth-order valence-electron chi connectivity index (χ4n) is 4.03. The van der Waals surface area contributed by atoms with Gasteiger partial charge in [-0.1, -0.05) is 77.0 Å². The summed E-state index contributed by atoms with van der Waals surface area (Å²) in [6.07, 6.45) is 24.9. The molecule has 1 amide bonds. The van der Waals surface area contributed by atoms with Crippen molar-refractivity contribution < 1.29 is 14.4 Å². The van der Waals surface area contributed by atoms with E-state index in [2.05, 4.69) is 44.9 Å². The van der Waals surface area contributed by atoms with Gasteiger partial charge in [0.2, 0.25) is 5.91 Å². The number of allylic oxidation sites excluding steroid dienone is 2. The van der Waals surface area contributed by atoms with E-state index in [-0.39, 0.29) is 5.91 Å². The predicted octanol–water partition coefficient (Wildman–Crippen LogP) is 6.89. The van der Waals surface area contributed by atoms with Crippen molar-refractivity contribution in [2.24, 2.45) is 0 Å². The molecule has 0 aromatic carbocycles. The van der Waals surface area contributed by atoms with Gasteiger partial charge in [-0.15, -0.1) is 0 Å². The Kier molecular flexibility index (Phi) is 20.9. The number of hydrogen-bond donors (Lipinski definition) is 2. The van der Waals surface area contributed by atoms with Crippen molar-refractivity contribution in [2.75, 3.05) is 26.7 Å². The van der Waals surface area contributed by atoms with Crippen LogP contribution < -0.4 is 5.32 Å². The van der Waals surface area contributed by atoms with Crippen LogP contribution in [0.2, 0.25) is 0 Å². The van der Waals surface area contributed by atoms with Crippen molar-refractivity contribution in [1.29, 1.82) is 0 Å². The molecule has 0 aliphatic heterocycles. The molecule has 2 N–H and O–H groups in total. The lowest BCUT2D eigenvalue weighted by Gasteiger charge is -2.37. The van der Waals surface area contributed by atoms with Gasteiger partial charge in [0.1, 0.15) is 0 Å². The summed E-state index contributed by atoms with van der Waals surface area (Å²) in [6.45, 7) is 10.4. The van der Waals surface area contributed by atoms with Crippen molar-refractivity contribution in [3.63, 3.8) is 0 Å². The van der Waals surface area contributed by atoms with E-state index in [9.17, 15) is 9.90 Å². The van der Waals surface area contributed by atoms with Crippen LogP contribution in [-0.4, -0.2) is 48.4 Å². The number of nitrogens with one attached hydrogen (secondary N) is 1. The van der Waals surface area contributed by atoms with Gasteiger partial charge in [0.25, 0.3) is 0 Å². The summed E-state index contributed by atoms with van der Waals surface area (Å²) in [7, 11) is 2.05. The molecule has 2 unspecified atom stereocenters. The molecule has 0 spiro atoms. The highest BCUT2D eigenvalue weighted by Gasteiger charge is 2.27. The molecule has 2 atom stereocenters. The first kappa shape index (κ1) is 30.9. The Labute approximate surface area is 200 Å². The molecule has 0 aromatic rings. The molecule has 0 fully saturated rings. The highest BCUT2D eigenvalue weighted by Crippen LogP contribution is 2.13. The zero-order valence-corrected chi connectivity index (χ0v) is 21.8. The van der Waals surface area contributed by atoms with Gasteiger partial charge >= 0.3 is 0 Å². The van der Waals surface area contributed by atoms with E-state index in [1.54, 1.807) is 0 Å². The molecule has 0 saturated heterocycles. The summed E-state index contributed by atoms with van der Waals surface area (Å²) in [5, 5.41) is 13.4. The van der Waals surface area contributed by atoms with Crippen LogP contribution in [0, 0.1) is 0 Å². The topological polar surface area (TPSA) is 49.3 Å². The Hall–Kier alpha value is -1.13. The zero-order chi connectivity index (χ0) is 23.9. The Morgan fingerprint density at radius 3 is 2.03 bits per heavy atom. The molecular weight excluding hydrogens is 396 g/mol. The number of amides is 1. The maximum atomic E-state index is 12.0. The van der Waals surface area contributed by atoms with Crippen molar-refractivity contribution in [3.8, 4) is 0 Å². The number of carbonyl (C=O) groups excluding carboxylic acids is 1. The molecule has 0 aliphatic carbocycles. The minimum Gasteiger partial charge on any atom is -0.356 e. The van der Waals surface area contributed by atoms with Crippen LogP contribution in [0.25, 0.3) is 0 Å². The van der Waals surface area contributed by atoms with Gasteiger partial charge in [0.15, 0.2) is 6.23 Å². The third-order valence-electron chi connectivity index (χ3n) is 6.62. The van der Waals surface area contributed by atoms with E-state index in [0.717, 1.165) is 32.4 Å². The Balaban J connectivity index is 3.50. The first-order chi connectivity index (χ1) is 15.5. The van der Waals surface area contributed by atoms with Gasteiger partial charge in [-0.2, -0.15) is 0 Å². The van der Waals surface area contributed by atoms with E-state index in [1.807, 2.05) is 6.08 Å². The van der Waals surface area contributed by atoms with E-state index >= 15 is 0 Å². The second-order valence-electron chi connectivity index (χ2n) is 9.57. The Bertz CT molecular complexity index is 478. The van der Waals surface area contributed by atoms with E-state index in [0.29, 0.717) is 23.9 Å². The first-order valence-corrected chi connectivity index (χ1v) is 13.5. The highest BCUT2D eigenvalue weighted by molar-refractivity contribution is 5.75. The average Bonchev–Trinajstić information content (AvgIpc) is 2.79. The number of aliphatic hydroxyl groups is 1. The van der Waals surface area contributed by atoms with Crippen molar-refractivity contribution in [1.82, 2.24) is 5.32 Å². The molecule has 32 heavy (non-hydrogen) atoms. The van der Waals surface area contributed by atoms with Crippen LogP contribution >= 0.6 is 0 Å². The third-order valence-corrected chi connectivity index (χ3v) is 6.62. The molecule has 0 heterocycles. The van der Waals surface area contributed by atoms with Crippen molar-refractivity contribution in [2.45, 2.75) is 123 Å². The fraction of sp³-hybridized carbons (Fsp3) is 0.821. The summed E-state index contributed by atoms with van der Waals surface area (Å²) in [6, 6.07) is 0.